The molecule has 0 aliphatic rings. The first-order chi connectivity index (χ1) is 8.20. The van der Waals surface area contributed by atoms with Gasteiger partial charge in [0.05, 0.1) is 0 Å². The van der Waals surface area contributed by atoms with Crippen LogP contribution in [0.4, 0.5) is 0 Å². The van der Waals surface area contributed by atoms with Gasteiger partial charge in [0.25, 0.3) is 0 Å². The second-order valence-electron chi connectivity index (χ2n) is 3.36. The molecule has 0 N–H and O–H groups in total. The van der Waals surface area contributed by atoms with Crippen LogP contribution in [0, 0.1) is 0 Å². The van der Waals surface area contributed by atoms with Crippen molar-refractivity contribution in [1.82, 2.24) is 9.97 Å². The number of hydrogen-bond acceptors (Lipinski definition) is 3. The summed E-state index contributed by atoms with van der Waals surface area (Å²) < 4.78 is 0. The second-order valence-corrected chi connectivity index (χ2v) is 5.21. The molecular formula is C12H10Cl2N2S. The largest absolute Gasteiger partial charge is 0.229 e. The van der Waals surface area contributed by atoms with Crippen molar-refractivity contribution in [3.8, 4) is 0 Å². The molecule has 88 valence electrons. The minimum absolute atomic E-state index is 0.527. The lowest BCUT2D eigenvalue weighted by molar-refractivity contribution is 0.944. The van der Waals surface area contributed by atoms with E-state index in [1.54, 1.807) is 11.8 Å². The van der Waals surface area contributed by atoms with Crippen molar-refractivity contribution in [1.29, 1.82) is 0 Å². The van der Waals surface area contributed by atoms with Gasteiger partial charge >= 0.3 is 0 Å². The first kappa shape index (κ1) is 12.7. The van der Waals surface area contributed by atoms with Crippen LogP contribution in [-0.4, -0.2) is 9.97 Å². The Bertz CT molecular complexity index is 514. The number of nitrogens with zero attached hydrogens (tertiary/aromatic N) is 2. The third kappa shape index (κ3) is 3.12. The first-order valence-electron chi connectivity index (χ1n) is 5.13. The van der Waals surface area contributed by atoms with Crippen molar-refractivity contribution in [2.75, 3.05) is 0 Å². The van der Waals surface area contributed by atoms with Gasteiger partial charge in [-0.2, -0.15) is 0 Å². The van der Waals surface area contributed by atoms with Crippen LogP contribution in [0.15, 0.2) is 40.5 Å². The SMILES string of the molecule is CCc1c(Cl)ncnc1Sc1ccc(Cl)cc1. The maximum atomic E-state index is 6.04. The summed E-state index contributed by atoms with van der Waals surface area (Å²) in [6.07, 6.45) is 2.30. The van der Waals surface area contributed by atoms with Crippen molar-refractivity contribution < 1.29 is 0 Å². The zero-order chi connectivity index (χ0) is 12.3. The van der Waals surface area contributed by atoms with Gasteiger partial charge in [0, 0.05) is 15.5 Å². The number of aromatic nitrogens is 2. The molecule has 2 rings (SSSR count). The van der Waals surface area contributed by atoms with Gasteiger partial charge < -0.3 is 0 Å². The van der Waals surface area contributed by atoms with E-state index < -0.39 is 0 Å². The fourth-order valence-corrected chi connectivity index (χ4v) is 2.78. The van der Waals surface area contributed by atoms with Crippen LogP contribution in [0.25, 0.3) is 0 Å². The molecule has 0 radical (unpaired) electrons. The molecule has 0 saturated carbocycles. The van der Waals surface area contributed by atoms with E-state index in [9.17, 15) is 0 Å². The molecule has 1 aromatic carbocycles. The van der Waals surface area contributed by atoms with Crippen molar-refractivity contribution >= 4 is 35.0 Å². The minimum Gasteiger partial charge on any atom is -0.229 e. The molecule has 0 fully saturated rings. The van der Waals surface area contributed by atoms with E-state index in [-0.39, 0.29) is 0 Å². The molecule has 17 heavy (non-hydrogen) atoms. The van der Waals surface area contributed by atoms with Crippen LogP contribution in [0.5, 0.6) is 0 Å². The van der Waals surface area contributed by atoms with Crippen LogP contribution >= 0.6 is 35.0 Å². The van der Waals surface area contributed by atoms with Crippen molar-refractivity contribution in [2.45, 2.75) is 23.3 Å². The first-order valence-corrected chi connectivity index (χ1v) is 6.70. The fraction of sp³-hybridized carbons (Fsp3) is 0.167. The molecular weight excluding hydrogens is 275 g/mol. The summed E-state index contributed by atoms with van der Waals surface area (Å²) in [6, 6.07) is 7.64. The molecule has 0 bridgehead atoms. The van der Waals surface area contributed by atoms with E-state index in [4.69, 9.17) is 23.2 Å². The van der Waals surface area contributed by atoms with E-state index >= 15 is 0 Å². The Balaban J connectivity index is 2.29. The Morgan fingerprint density at radius 2 is 1.82 bits per heavy atom. The van der Waals surface area contributed by atoms with E-state index in [1.165, 1.54) is 6.33 Å². The highest BCUT2D eigenvalue weighted by Gasteiger charge is 2.09. The van der Waals surface area contributed by atoms with Crippen molar-refractivity contribution in [3.63, 3.8) is 0 Å². The highest BCUT2D eigenvalue weighted by atomic mass is 35.5. The summed E-state index contributed by atoms with van der Waals surface area (Å²) in [5, 5.41) is 2.15. The molecule has 0 saturated heterocycles. The zero-order valence-electron chi connectivity index (χ0n) is 9.15. The number of rotatable bonds is 3. The van der Waals surface area contributed by atoms with E-state index in [2.05, 4.69) is 9.97 Å². The normalized spacial score (nSPS) is 10.5. The average Bonchev–Trinajstić information content (AvgIpc) is 2.32. The maximum Gasteiger partial charge on any atom is 0.136 e. The molecule has 2 aromatic rings. The lowest BCUT2D eigenvalue weighted by Crippen LogP contribution is -1.93. The summed E-state index contributed by atoms with van der Waals surface area (Å²) in [4.78, 5) is 9.33. The molecule has 0 atom stereocenters. The number of hydrogen-bond donors (Lipinski definition) is 0. The van der Waals surface area contributed by atoms with E-state index in [0.29, 0.717) is 5.15 Å². The topological polar surface area (TPSA) is 25.8 Å². The van der Waals surface area contributed by atoms with Gasteiger partial charge in [0.2, 0.25) is 0 Å². The summed E-state index contributed by atoms with van der Waals surface area (Å²) >= 11 is 13.4. The third-order valence-electron chi connectivity index (χ3n) is 2.23. The highest BCUT2D eigenvalue weighted by molar-refractivity contribution is 7.99. The van der Waals surface area contributed by atoms with Gasteiger partial charge in [-0.05, 0) is 30.7 Å². The van der Waals surface area contributed by atoms with E-state index in [0.717, 1.165) is 26.9 Å². The zero-order valence-corrected chi connectivity index (χ0v) is 11.5. The standard InChI is InChI=1S/C12H10Cl2N2S/c1-2-10-11(14)15-7-16-12(10)17-9-5-3-8(13)4-6-9/h3-7H,2H2,1H3. The van der Waals surface area contributed by atoms with Crippen LogP contribution in [-0.2, 0) is 6.42 Å². The predicted octanol–water partition coefficient (Wildman–Crippen LogP) is 4.50. The summed E-state index contributed by atoms with van der Waals surface area (Å²) in [6.45, 7) is 2.04. The number of benzene rings is 1. The van der Waals surface area contributed by atoms with Gasteiger partial charge in [-0.1, -0.05) is 41.9 Å². The second kappa shape index (κ2) is 5.71. The molecule has 0 spiro atoms. The molecule has 1 aromatic heterocycles. The molecule has 0 unspecified atom stereocenters. The van der Waals surface area contributed by atoms with Gasteiger partial charge in [-0.25, -0.2) is 9.97 Å². The van der Waals surface area contributed by atoms with Crippen LogP contribution in [0.2, 0.25) is 10.2 Å². The smallest absolute Gasteiger partial charge is 0.136 e. The average molecular weight is 285 g/mol. The van der Waals surface area contributed by atoms with Gasteiger partial charge in [-0.15, -0.1) is 0 Å². The van der Waals surface area contributed by atoms with Crippen molar-refractivity contribution in [2.24, 2.45) is 0 Å². The van der Waals surface area contributed by atoms with Crippen molar-refractivity contribution in [3.05, 3.63) is 46.3 Å². The summed E-state index contributed by atoms with van der Waals surface area (Å²) in [7, 11) is 0. The minimum atomic E-state index is 0.527. The Labute approximate surface area is 114 Å². The Kier molecular flexibility index (Phi) is 4.26. The van der Waals surface area contributed by atoms with Crippen LogP contribution in [0.1, 0.15) is 12.5 Å². The maximum absolute atomic E-state index is 6.04. The van der Waals surface area contributed by atoms with Crippen LogP contribution < -0.4 is 0 Å². The monoisotopic (exact) mass is 284 g/mol. The molecule has 0 amide bonds. The summed E-state index contributed by atoms with van der Waals surface area (Å²) in [5.41, 5.74) is 0.981. The molecule has 0 aliphatic heterocycles. The van der Waals surface area contributed by atoms with Gasteiger partial charge in [-0.3, -0.25) is 0 Å². The van der Waals surface area contributed by atoms with E-state index in [1.807, 2.05) is 31.2 Å². The van der Waals surface area contributed by atoms with Gasteiger partial charge in [0.1, 0.15) is 16.5 Å². The molecule has 2 nitrogen and oxygen atoms in total. The van der Waals surface area contributed by atoms with Gasteiger partial charge in [0.15, 0.2) is 0 Å². The highest BCUT2D eigenvalue weighted by Crippen LogP contribution is 2.31. The van der Waals surface area contributed by atoms with Crippen LogP contribution in [0.3, 0.4) is 0 Å². The lowest BCUT2D eigenvalue weighted by atomic mass is 10.3. The Morgan fingerprint density at radius 3 is 2.47 bits per heavy atom. The Hall–Kier alpha value is -0.770. The molecule has 1 heterocycles. The quantitative estimate of drug-likeness (QED) is 0.777. The molecule has 5 heteroatoms. The summed E-state index contributed by atoms with van der Waals surface area (Å²) in [5.74, 6) is 0. The predicted molar refractivity (Wildman–Crippen MR) is 72.0 cm³/mol. The fourth-order valence-electron chi connectivity index (χ4n) is 1.38. The molecule has 0 aliphatic carbocycles. The lowest BCUT2D eigenvalue weighted by Gasteiger charge is -2.07. The number of halogens is 2. The Morgan fingerprint density at radius 1 is 1.12 bits per heavy atom. The third-order valence-corrected chi connectivity index (χ3v) is 3.87.